The van der Waals surface area contributed by atoms with Crippen LogP contribution in [0.4, 0.5) is 0 Å². The Kier molecular flexibility index (Phi) is 4.02. The molecule has 1 aromatic heterocycles. The zero-order valence-corrected chi connectivity index (χ0v) is 14.1. The van der Waals surface area contributed by atoms with E-state index in [1.807, 2.05) is 4.90 Å². The van der Waals surface area contributed by atoms with Crippen LogP contribution in [0.3, 0.4) is 0 Å². The predicted octanol–water partition coefficient (Wildman–Crippen LogP) is 0.919. The zero-order chi connectivity index (χ0) is 16.6. The lowest BCUT2D eigenvalue weighted by Crippen LogP contribution is -2.52. The monoisotopic (exact) mass is 331 g/mol. The van der Waals surface area contributed by atoms with E-state index in [2.05, 4.69) is 15.0 Å². The lowest BCUT2D eigenvalue weighted by molar-refractivity contribution is -0.147. The lowest BCUT2D eigenvalue weighted by Gasteiger charge is -2.42. The molecule has 1 aromatic rings. The van der Waals surface area contributed by atoms with Crippen molar-refractivity contribution in [1.29, 1.82) is 0 Å². The molecule has 1 aliphatic carbocycles. The van der Waals surface area contributed by atoms with Crippen LogP contribution in [0.5, 0.6) is 0 Å². The maximum atomic E-state index is 13.1. The molecule has 4 rings (SSSR count). The van der Waals surface area contributed by atoms with E-state index >= 15 is 0 Å². The Balaban J connectivity index is 1.39. The van der Waals surface area contributed by atoms with E-state index in [0.717, 1.165) is 32.4 Å². The quantitative estimate of drug-likeness (QED) is 0.822. The summed E-state index contributed by atoms with van der Waals surface area (Å²) in [6.45, 7) is 3.27. The van der Waals surface area contributed by atoms with Crippen molar-refractivity contribution < 1.29 is 9.59 Å². The summed E-state index contributed by atoms with van der Waals surface area (Å²) in [5.41, 5.74) is -0.333. The molecule has 1 saturated carbocycles. The summed E-state index contributed by atoms with van der Waals surface area (Å²) < 4.78 is 1.54. The van der Waals surface area contributed by atoms with Crippen LogP contribution < -0.4 is 0 Å². The molecule has 1 atom stereocenters. The third kappa shape index (κ3) is 2.80. The first-order valence-electron chi connectivity index (χ1n) is 9.06. The fraction of sp³-hybridized carbons (Fsp3) is 0.765. The lowest BCUT2D eigenvalue weighted by atomic mass is 9.77. The smallest absolute Gasteiger partial charge is 0.244 e. The van der Waals surface area contributed by atoms with Gasteiger partial charge in [-0.15, -0.1) is 0 Å². The minimum absolute atomic E-state index is 0.0290. The molecule has 7 heteroatoms. The fourth-order valence-corrected chi connectivity index (χ4v) is 4.33. The van der Waals surface area contributed by atoms with Crippen LogP contribution in [-0.4, -0.2) is 62.6 Å². The minimum Gasteiger partial charge on any atom is -0.342 e. The Morgan fingerprint density at radius 3 is 2.83 bits per heavy atom. The number of carbonyl (C=O) groups is 2. The van der Waals surface area contributed by atoms with E-state index in [-0.39, 0.29) is 23.8 Å². The highest BCUT2D eigenvalue weighted by Gasteiger charge is 2.49. The van der Waals surface area contributed by atoms with Gasteiger partial charge in [-0.05, 0) is 38.0 Å². The van der Waals surface area contributed by atoms with Crippen LogP contribution in [-0.2, 0) is 16.1 Å². The second kappa shape index (κ2) is 6.18. The first kappa shape index (κ1) is 15.6. The first-order valence-corrected chi connectivity index (χ1v) is 9.06. The topological polar surface area (TPSA) is 71.3 Å². The molecule has 130 valence electrons. The van der Waals surface area contributed by atoms with E-state index in [9.17, 15) is 9.59 Å². The van der Waals surface area contributed by atoms with Crippen LogP contribution >= 0.6 is 0 Å². The number of aromatic nitrogens is 3. The third-order valence-electron chi connectivity index (χ3n) is 6.00. The molecular formula is C17H25N5O2. The fourth-order valence-electron chi connectivity index (χ4n) is 4.33. The number of amides is 2. The van der Waals surface area contributed by atoms with Gasteiger partial charge in [-0.1, -0.05) is 6.42 Å². The zero-order valence-electron chi connectivity index (χ0n) is 14.1. The summed E-state index contributed by atoms with van der Waals surface area (Å²) in [5.74, 6) is 1.02. The number of hydrogen-bond donors (Lipinski definition) is 0. The van der Waals surface area contributed by atoms with Gasteiger partial charge in [0.2, 0.25) is 11.8 Å². The van der Waals surface area contributed by atoms with Gasteiger partial charge in [0, 0.05) is 26.2 Å². The molecule has 24 heavy (non-hydrogen) atoms. The summed E-state index contributed by atoms with van der Waals surface area (Å²) in [7, 11) is 0. The Bertz CT molecular complexity index is 613. The van der Waals surface area contributed by atoms with Crippen molar-refractivity contribution in [3.8, 4) is 0 Å². The molecule has 2 aliphatic heterocycles. The molecular weight excluding hydrogens is 306 g/mol. The molecule has 2 saturated heterocycles. The Morgan fingerprint density at radius 2 is 2.12 bits per heavy atom. The van der Waals surface area contributed by atoms with Crippen molar-refractivity contribution >= 4 is 11.8 Å². The average Bonchev–Trinajstić information content (AvgIpc) is 3.18. The van der Waals surface area contributed by atoms with Gasteiger partial charge in [0.15, 0.2) is 0 Å². The van der Waals surface area contributed by atoms with Gasteiger partial charge in [0.1, 0.15) is 19.2 Å². The number of rotatable bonds is 4. The molecule has 0 radical (unpaired) electrons. The second-order valence-electron chi connectivity index (χ2n) is 7.59. The van der Waals surface area contributed by atoms with Crippen molar-refractivity contribution in [2.45, 2.75) is 45.1 Å². The van der Waals surface area contributed by atoms with E-state index < -0.39 is 0 Å². The molecule has 0 aromatic carbocycles. The number of nitrogens with zero attached hydrogens (tertiary/aromatic N) is 5. The van der Waals surface area contributed by atoms with Gasteiger partial charge in [-0.3, -0.25) is 9.59 Å². The van der Waals surface area contributed by atoms with Gasteiger partial charge in [-0.25, -0.2) is 9.67 Å². The summed E-state index contributed by atoms with van der Waals surface area (Å²) in [4.78, 5) is 33.3. The van der Waals surface area contributed by atoms with E-state index in [4.69, 9.17) is 0 Å². The standard InChI is InChI=1S/C17H25N5O2/c23-15(10-22-13-18-12-19-22)21-8-6-17(11-21)5-2-7-20(16(17)24)9-14-3-1-4-14/h12-14H,1-11H2/t17-/m0/s1. The maximum Gasteiger partial charge on any atom is 0.244 e. The number of carbonyl (C=O) groups excluding carboxylic acids is 2. The van der Waals surface area contributed by atoms with Crippen LogP contribution in [0.25, 0.3) is 0 Å². The van der Waals surface area contributed by atoms with E-state index in [1.165, 1.54) is 25.6 Å². The van der Waals surface area contributed by atoms with Gasteiger partial charge in [0.25, 0.3) is 0 Å². The largest absolute Gasteiger partial charge is 0.342 e. The van der Waals surface area contributed by atoms with Crippen LogP contribution in [0, 0.1) is 11.3 Å². The highest BCUT2D eigenvalue weighted by atomic mass is 16.2. The molecule has 2 amide bonds. The molecule has 7 nitrogen and oxygen atoms in total. The molecule has 1 spiro atoms. The van der Waals surface area contributed by atoms with Crippen LogP contribution in [0.1, 0.15) is 38.5 Å². The van der Waals surface area contributed by atoms with Crippen LogP contribution in [0.15, 0.2) is 12.7 Å². The maximum absolute atomic E-state index is 13.1. The Hall–Kier alpha value is -1.92. The van der Waals surface area contributed by atoms with Crippen molar-refractivity contribution in [2.24, 2.45) is 11.3 Å². The third-order valence-corrected chi connectivity index (χ3v) is 6.00. The Morgan fingerprint density at radius 1 is 1.25 bits per heavy atom. The SMILES string of the molecule is O=C(Cn1cncn1)N1CC[C@@]2(CCCN(CC3CCC3)C2=O)C1. The molecule has 3 fully saturated rings. The summed E-state index contributed by atoms with van der Waals surface area (Å²) >= 11 is 0. The van der Waals surface area contributed by atoms with Crippen molar-refractivity contribution in [2.75, 3.05) is 26.2 Å². The van der Waals surface area contributed by atoms with Gasteiger partial charge >= 0.3 is 0 Å². The number of hydrogen-bond acceptors (Lipinski definition) is 4. The molecule has 3 aliphatic rings. The van der Waals surface area contributed by atoms with E-state index in [0.29, 0.717) is 19.0 Å². The summed E-state index contributed by atoms with van der Waals surface area (Å²) in [5, 5.41) is 3.99. The summed E-state index contributed by atoms with van der Waals surface area (Å²) in [6.07, 6.45) is 9.60. The Labute approximate surface area is 142 Å². The van der Waals surface area contributed by atoms with Gasteiger partial charge in [-0.2, -0.15) is 5.10 Å². The summed E-state index contributed by atoms with van der Waals surface area (Å²) in [6, 6.07) is 0. The predicted molar refractivity (Wildman–Crippen MR) is 86.8 cm³/mol. The average molecular weight is 331 g/mol. The van der Waals surface area contributed by atoms with Gasteiger partial charge in [0.05, 0.1) is 5.41 Å². The van der Waals surface area contributed by atoms with Crippen molar-refractivity contribution in [3.05, 3.63) is 12.7 Å². The van der Waals surface area contributed by atoms with Crippen molar-refractivity contribution in [1.82, 2.24) is 24.6 Å². The molecule has 3 heterocycles. The minimum atomic E-state index is -0.333. The first-order chi connectivity index (χ1) is 11.7. The van der Waals surface area contributed by atoms with Gasteiger partial charge < -0.3 is 9.80 Å². The van der Waals surface area contributed by atoms with E-state index in [1.54, 1.807) is 11.0 Å². The van der Waals surface area contributed by atoms with Crippen molar-refractivity contribution in [3.63, 3.8) is 0 Å². The molecule has 0 unspecified atom stereocenters. The number of likely N-dealkylation sites (tertiary alicyclic amines) is 2. The molecule has 0 bridgehead atoms. The molecule has 0 N–H and O–H groups in total. The van der Waals surface area contributed by atoms with Crippen LogP contribution in [0.2, 0.25) is 0 Å². The normalized spacial score (nSPS) is 27.8. The highest BCUT2D eigenvalue weighted by Crippen LogP contribution is 2.41. The number of piperidine rings is 1. The highest BCUT2D eigenvalue weighted by molar-refractivity contribution is 5.86. The second-order valence-corrected chi connectivity index (χ2v) is 7.59.